The Morgan fingerprint density at radius 1 is 1.17 bits per heavy atom. The van der Waals surface area contributed by atoms with Crippen molar-refractivity contribution in [1.82, 2.24) is 10.2 Å². The van der Waals surface area contributed by atoms with Crippen LogP contribution in [0.2, 0.25) is 0 Å². The van der Waals surface area contributed by atoms with E-state index in [1.165, 1.54) is 0 Å². The molecule has 0 amide bonds. The molecule has 0 unspecified atom stereocenters. The molecule has 0 saturated heterocycles. The van der Waals surface area contributed by atoms with Crippen LogP contribution in [-0.4, -0.2) is 17.3 Å². The van der Waals surface area contributed by atoms with Gasteiger partial charge in [0.25, 0.3) is 5.88 Å². The minimum absolute atomic E-state index is 0.345. The third kappa shape index (κ3) is 2.48. The molecule has 0 bridgehead atoms. The molecule has 4 nitrogen and oxygen atoms in total. The first-order chi connectivity index (χ1) is 8.74. The molecule has 2 rings (SSSR count). The summed E-state index contributed by atoms with van der Waals surface area (Å²) in [5.74, 6) is 1.61. The zero-order valence-electron chi connectivity index (χ0n) is 10.4. The standard InChI is InChI=1S/C14H14N2O2/c1-4-11-9-13(17-3)14(16-15-11)18-12-8-6-5-7-10(12)2/h4-9H,1H2,2-3H3. The van der Waals surface area contributed by atoms with E-state index in [0.29, 0.717) is 17.3 Å². The number of rotatable bonds is 4. The van der Waals surface area contributed by atoms with E-state index in [1.54, 1.807) is 19.3 Å². The Labute approximate surface area is 106 Å². The predicted molar refractivity (Wildman–Crippen MR) is 69.9 cm³/mol. The maximum atomic E-state index is 5.70. The molecule has 0 radical (unpaired) electrons. The lowest BCUT2D eigenvalue weighted by molar-refractivity contribution is 0.364. The van der Waals surface area contributed by atoms with Gasteiger partial charge in [0.15, 0.2) is 5.75 Å². The van der Waals surface area contributed by atoms with Crippen LogP contribution in [0.25, 0.3) is 6.08 Å². The van der Waals surface area contributed by atoms with Gasteiger partial charge in [-0.3, -0.25) is 0 Å². The Bertz CT molecular complexity index is 567. The van der Waals surface area contributed by atoms with Crippen LogP contribution in [0, 0.1) is 6.92 Å². The van der Waals surface area contributed by atoms with Crippen molar-refractivity contribution in [2.24, 2.45) is 0 Å². The highest BCUT2D eigenvalue weighted by Gasteiger charge is 2.10. The molecule has 0 saturated carbocycles. The summed E-state index contributed by atoms with van der Waals surface area (Å²) in [5.41, 5.74) is 1.66. The normalized spacial score (nSPS) is 9.89. The summed E-state index contributed by atoms with van der Waals surface area (Å²) in [4.78, 5) is 0. The first kappa shape index (κ1) is 12.1. The Morgan fingerprint density at radius 3 is 2.61 bits per heavy atom. The Balaban J connectivity index is 2.34. The van der Waals surface area contributed by atoms with Crippen molar-refractivity contribution in [3.63, 3.8) is 0 Å². The van der Waals surface area contributed by atoms with Gasteiger partial charge in [0.2, 0.25) is 0 Å². The van der Waals surface area contributed by atoms with Crippen LogP contribution in [-0.2, 0) is 0 Å². The van der Waals surface area contributed by atoms with Crippen LogP contribution in [0.15, 0.2) is 36.9 Å². The number of methoxy groups -OCH3 is 1. The van der Waals surface area contributed by atoms with E-state index < -0.39 is 0 Å². The lowest BCUT2D eigenvalue weighted by atomic mass is 10.2. The number of aromatic nitrogens is 2. The fraction of sp³-hybridized carbons (Fsp3) is 0.143. The summed E-state index contributed by atoms with van der Waals surface area (Å²) >= 11 is 0. The minimum atomic E-state index is 0.345. The molecule has 1 aromatic heterocycles. The summed E-state index contributed by atoms with van der Waals surface area (Å²) in [7, 11) is 1.56. The average Bonchev–Trinajstić information content (AvgIpc) is 2.41. The summed E-state index contributed by atoms with van der Waals surface area (Å²) in [6, 6.07) is 9.42. The minimum Gasteiger partial charge on any atom is -0.491 e. The largest absolute Gasteiger partial charge is 0.491 e. The Kier molecular flexibility index (Phi) is 3.57. The molecule has 0 N–H and O–H groups in total. The third-order valence-electron chi connectivity index (χ3n) is 2.48. The van der Waals surface area contributed by atoms with Crippen molar-refractivity contribution in [2.75, 3.05) is 7.11 Å². The number of benzene rings is 1. The molecule has 0 atom stereocenters. The van der Waals surface area contributed by atoms with Crippen molar-refractivity contribution in [2.45, 2.75) is 6.92 Å². The molecular formula is C14H14N2O2. The van der Waals surface area contributed by atoms with Crippen molar-refractivity contribution in [3.8, 4) is 17.4 Å². The fourth-order valence-electron chi connectivity index (χ4n) is 1.47. The zero-order chi connectivity index (χ0) is 13.0. The maximum Gasteiger partial charge on any atom is 0.281 e. The van der Waals surface area contributed by atoms with Crippen LogP contribution in [0.1, 0.15) is 11.3 Å². The molecule has 1 heterocycles. The second-order valence-corrected chi connectivity index (χ2v) is 3.71. The SMILES string of the molecule is C=Cc1cc(OC)c(Oc2ccccc2C)nn1. The molecule has 92 valence electrons. The first-order valence-electron chi connectivity index (χ1n) is 5.52. The molecule has 4 heteroatoms. The predicted octanol–water partition coefficient (Wildman–Crippen LogP) is 3.23. The van der Waals surface area contributed by atoms with Crippen molar-refractivity contribution in [3.05, 3.63) is 48.2 Å². The highest BCUT2D eigenvalue weighted by Crippen LogP contribution is 2.30. The average molecular weight is 242 g/mol. The topological polar surface area (TPSA) is 44.2 Å². The number of ether oxygens (including phenoxy) is 2. The van der Waals surface area contributed by atoms with Gasteiger partial charge in [-0.25, -0.2) is 0 Å². The molecule has 0 fully saturated rings. The highest BCUT2D eigenvalue weighted by atomic mass is 16.5. The molecule has 0 spiro atoms. The molecule has 0 aliphatic rings. The van der Waals surface area contributed by atoms with Gasteiger partial charge in [0.1, 0.15) is 5.75 Å². The van der Waals surface area contributed by atoms with E-state index in [4.69, 9.17) is 9.47 Å². The summed E-state index contributed by atoms with van der Waals surface area (Å²) in [6.45, 7) is 5.60. The smallest absolute Gasteiger partial charge is 0.281 e. The van der Waals surface area contributed by atoms with E-state index in [-0.39, 0.29) is 0 Å². The van der Waals surface area contributed by atoms with E-state index >= 15 is 0 Å². The molecule has 2 aromatic rings. The zero-order valence-corrected chi connectivity index (χ0v) is 10.4. The van der Waals surface area contributed by atoms with Crippen molar-refractivity contribution >= 4 is 6.08 Å². The lowest BCUT2D eigenvalue weighted by Crippen LogP contribution is -1.97. The first-order valence-corrected chi connectivity index (χ1v) is 5.52. The highest BCUT2D eigenvalue weighted by molar-refractivity contribution is 5.48. The number of hydrogen-bond acceptors (Lipinski definition) is 4. The summed E-state index contributed by atoms with van der Waals surface area (Å²) < 4.78 is 10.9. The number of para-hydroxylation sites is 1. The number of nitrogens with zero attached hydrogens (tertiary/aromatic N) is 2. The van der Waals surface area contributed by atoms with Crippen LogP contribution in [0.4, 0.5) is 0 Å². The maximum absolute atomic E-state index is 5.70. The monoisotopic (exact) mass is 242 g/mol. The Hall–Kier alpha value is -2.36. The molecule has 18 heavy (non-hydrogen) atoms. The van der Waals surface area contributed by atoms with Gasteiger partial charge in [-0.2, -0.15) is 0 Å². The summed E-state index contributed by atoms with van der Waals surface area (Å²) in [5, 5.41) is 7.95. The number of aryl methyl sites for hydroxylation is 1. The fourth-order valence-corrected chi connectivity index (χ4v) is 1.47. The van der Waals surface area contributed by atoms with Crippen molar-refractivity contribution in [1.29, 1.82) is 0 Å². The van der Waals surface area contributed by atoms with Gasteiger partial charge >= 0.3 is 0 Å². The molecule has 0 aliphatic heterocycles. The van der Waals surface area contributed by atoms with E-state index in [1.807, 2.05) is 31.2 Å². The van der Waals surface area contributed by atoms with Gasteiger partial charge in [-0.1, -0.05) is 24.8 Å². The second-order valence-electron chi connectivity index (χ2n) is 3.71. The van der Waals surface area contributed by atoms with Gasteiger partial charge < -0.3 is 9.47 Å². The van der Waals surface area contributed by atoms with Crippen LogP contribution < -0.4 is 9.47 Å². The molecular weight excluding hydrogens is 228 g/mol. The quantitative estimate of drug-likeness (QED) is 0.825. The molecule has 1 aromatic carbocycles. The van der Waals surface area contributed by atoms with Gasteiger partial charge in [0.05, 0.1) is 12.8 Å². The molecule has 0 aliphatic carbocycles. The third-order valence-corrected chi connectivity index (χ3v) is 2.48. The van der Waals surface area contributed by atoms with E-state index in [9.17, 15) is 0 Å². The van der Waals surface area contributed by atoms with Gasteiger partial charge in [0, 0.05) is 6.07 Å². The van der Waals surface area contributed by atoms with E-state index in [0.717, 1.165) is 11.3 Å². The van der Waals surface area contributed by atoms with Crippen LogP contribution in [0.5, 0.6) is 17.4 Å². The second kappa shape index (κ2) is 5.31. The van der Waals surface area contributed by atoms with E-state index in [2.05, 4.69) is 16.8 Å². The lowest BCUT2D eigenvalue weighted by Gasteiger charge is -2.10. The van der Waals surface area contributed by atoms with Crippen LogP contribution >= 0.6 is 0 Å². The summed E-state index contributed by atoms with van der Waals surface area (Å²) in [6.07, 6.45) is 1.60. The van der Waals surface area contributed by atoms with Gasteiger partial charge in [-0.05, 0) is 24.6 Å². The van der Waals surface area contributed by atoms with Crippen LogP contribution in [0.3, 0.4) is 0 Å². The van der Waals surface area contributed by atoms with Crippen molar-refractivity contribution < 1.29 is 9.47 Å². The number of hydrogen-bond donors (Lipinski definition) is 0. The Morgan fingerprint density at radius 2 is 1.94 bits per heavy atom. The van der Waals surface area contributed by atoms with Gasteiger partial charge in [-0.15, -0.1) is 10.2 Å².